The van der Waals surface area contributed by atoms with Crippen LogP contribution in [0.1, 0.15) is 39.0 Å². The zero-order chi connectivity index (χ0) is 20.1. The van der Waals surface area contributed by atoms with Crippen LogP contribution in [0.3, 0.4) is 0 Å². The Bertz CT molecular complexity index is 941. The number of rotatable bonds is 7. The SMILES string of the molecule is CCn1c(=O)c(=O)n(CC(=O)NCCN(C)C2CCCCC2)c2ccccc21. The fourth-order valence-corrected chi connectivity index (χ4v) is 4.12. The van der Waals surface area contributed by atoms with Gasteiger partial charge in [-0.2, -0.15) is 0 Å². The second-order valence-electron chi connectivity index (χ2n) is 7.55. The van der Waals surface area contributed by atoms with E-state index in [2.05, 4.69) is 17.3 Å². The molecule has 1 aliphatic rings. The van der Waals surface area contributed by atoms with Crippen molar-refractivity contribution in [1.82, 2.24) is 19.4 Å². The van der Waals surface area contributed by atoms with E-state index in [1.807, 2.05) is 13.0 Å². The molecule has 7 heteroatoms. The zero-order valence-electron chi connectivity index (χ0n) is 16.8. The van der Waals surface area contributed by atoms with Gasteiger partial charge in [-0.1, -0.05) is 31.4 Å². The lowest BCUT2D eigenvalue weighted by molar-refractivity contribution is -0.121. The van der Waals surface area contributed by atoms with E-state index in [1.54, 1.807) is 18.2 Å². The van der Waals surface area contributed by atoms with Crippen LogP contribution < -0.4 is 16.4 Å². The topological polar surface area (TPSA) is 76.3 Å². The minimum Gasteiger partial charge on any atom is -0.353 e. The molecule has 7 nitrogen and oxygen atoms in total. The summed E-state index contributed by atoms with van der Waals surface area (Å²) >= 11 is 0. The number of likely N-dealkylation sites (N-methyl/N-ethyl adjacent to an activating group) is 1. The molecule has 1 saturated carbocycles. The lowest BCUT2D eigenvalue weighted by Gasteiger charge is -2.31. The van der Waals surface area contributed by atoms with E-state index in [1.165, 1.54) is 41.2 Å². The number of hydrogen-bond donors (Lipinski definition) is 1. The van der Waals surface area contributed by atoms with E-state index in [0.717, 1.165) is 6.54 Å². The number of nitrogens with zero attached hydrogens (tertiary/aromatic N) is 3. The number of para-hydroxylation sites is 2. The lowest BCUT2D eigenvalue weighted by atomic mass is 9.94. The van der Waals surface area contributed by atoms with Gasteiger partial charge < -0.3 is 14.8 Å². The molecule has 1 amide bonds. The van der Waals surface area contributed by atoms with Crippen LogP contribution >= 0.6 is 0 Å². The Kier molecular flexibility index (Phi) is 6.67. The van der Waals surface area contributed by atoms with E-state index in [4.69, 9.17) is 0 Å². The number of benzene rings is 1. The van der Waals surface area contributed by atoms with E-state index < -0.39 is 11.1 Å². The molecule has 1 aromatic carbocycles. The molecular weight excluding hydrogens is 356 g/mol. The Labute approximate surface area is 165 Å². The highest BCUT2D eigenvalue weighted by molar-refractivity contribution is 5.80. The van der Waals surface area contributed by atoms with E-state index >= 15 is 0 Å². The number of hydrogen-bond acceptors (Lipinski definition) is 4. The Balaban J connectivity index is 1.67. The molecule has 0 radical (unpaired) electrons. The average molecular weight is 386 g/mol. The average Bonchev–Trinajstić information content (AvgIpc) is 2.72. The summed E-state index contributed by atoms with van der Waals surface area (Å²) < 4.78 is 2.73. The van der Waals surface area contributed by atoms with Crippen LogP contribution in [0.25, 0.3) is 11.0 Å². The molecule has 1 aliphatic carbocycles. The van der Waals surface area contributed by atoms with Crippen LogP contribution in [0.5, 0.6) is 0 Å². The van der Waals surface area contributed by atoms with Crippen LogP contribution in [-0.4, -0.2) is 46.1 Å². The van der Waals surface area contributed by atoms with Gasteiger partial charge in [-0.25, -0.2) is 0 Å². The first-order valence-corrected chi connectivity index (χ1v) is 10.2. The summed E-state index contributed by atoms with van der Waals surface area (Å²) in [4.78, 5) is 39.7. The highest BCUT2D eigenvalue weighted by atomic mass is 16.2. The summed E-state index contributed by atoms with van der Waals surface area (Å²) in [5, 5.41) is 2.89. The normalized spacial score (nSPS) is 15.2. The Hall–Kier alpha value is -2.41. The first kappa shape index (κ1) is 20.3. The van der Waals surface area contributed by atoms with Crippen LogP contribution in [0.4, 0.5) is 0 Å². The third kappa shape index (κ3) is 4.35. The van der Waals surface area contributed by atoms with Gasteiger partial charge in [0.25, 0.3) is 0 Å². The molecule has 28 heavy (non-hydrogen) atoms. The maximum absolute atomic E-state index is 12.5. The van der Waals surface area contributed by atoms with Gasteiger partial charge >= 0.3 is 11.1 Å². The van der Waals surface area contributed by atoms with Crippen LogP contribution in [0, 0.1) is 0 Å². The van der Waals surface area contributed by atoms with Crippen molar-refractivity contribution in [2.45, 2.75) is 58.2 Å². The van der Waals surface area contributed by atoms with Gasteiger partial charge in [0.05, 0.1) is 11.0 Å². The molecule has 2 aromatic rings. The van der Waals surface area contributed by atoms with Crippen molar-refractivity contribution in [3.05, 3.63) is 45.0 Å². The molecule has 0 unspecified atom stereocenters. The third-order valence-electron chi connectivity index (χ3n) is 5.74. The molecular formula is C21H30N4O3. The van der Waals surface area contributed by atoms with Crippen molar-refractivity contribution in [3.8, 4) is 0 Å². The Morgan fingerprint density at radius 3 is 2.32 bits per heavy atom. The first-order valence-electron chi connectivity index (χ1n) is 10.2. The van der Waals surface area contributed by atoms with Gasteiger partial charge in [0.1, 0.15) is 6.54 Å². The number of carbonyl (C=O) groups is 1. The van der Waals surface area contributed by atoms with Gasteiger partial charge in [0.2, 0.25) is 5.91 Å². The number of aryl methyl sites for hydroxylation is 1. The molecule has 0 bridgehead atoms. The molecule has 0 spiro atoms. The highest BCUT2D eigenvalue weighted by Gasteiger charge is 2.18. The molecule has 0 saturated heterocycles. The molecule has 1 N–H and O–H groups in total. The van der Waals surface area contributed by atoms with Crippen molar-refractivity contribution in [2.24, 2.45) is 0 Å². The molecule has 3 rings (SSSR count). The Morgan fingerprint density at radius 1 is 1.07 bits per heavy atom. The maximum Gasteiger partial charge on any atom is 0.317 e. The molecule has 152 valence electrons. The fraction of sp³-hybridized carbons (Fsp3) is 0.571. The van der Waals surface area contributed by atoms with E-state index in [9.17, 15) is 14.4 Å². The third-order valence-corrected chi connectivity index (χ3v) is 5.74. The summed E-state index contributed by atoms with van der Waals surface area (Å²) in [7, 11) is 2.10. The second-order valence-corrected chi connectivity index (χ2v) is 7.55. The van der Waals surface area contributed by atoms with Crippen molar-refractivity contribution in [2.75, 3.05) is 20.1 Å². The largest absolute Gasteiger partial charge is 0.353 e. The summed E-state index contributed by atoms with van der Waals surface area (Å²) in [5.41, 5.74) is 0.0175. The number of nitrogens with one attached hydrogen (secondary N) is 1. The lowest BCUT2D eigenvalue weighted by Crippen LogP contribution is -2.45. The van der Waals surface area contributed by atoms with Gasteiger partial charge in [-0.15, -0.1) is 0 Å². The van der Waals surface area contributed by atoms with Crippen molar-refractivity contribution in [3.63, 3.8) is 0 Å². The van der Waals surface area contributed by atoms with Gasteiger partial charge in [0, 0.05) is 25.7 Å². The minimum absolute atomic E-state index is 0.147. The number of fused-ring (bicyclic) bond motifs is 1. The van der Waals surface area contributed by atoms with Crippen LogP contribution in [0.15, 0.2) is 33.9 Å². The summed E-state index contributed by atoms with van der Waals surface area (Å²) in [6.07, 6.45) is 6.32. The van der Waals surface area contributed by atoms with Crippen molar-refractivity contribution < 1.29 is 4.79 Å². The van der Waals surface area contributed by atoms with Crippen LogP contribution in [0.2, 0.25) is 0 Å². The monoisotopic (exact) mass is 386 g/mol. The van der Waals surface area contributed by atoms with Gasteiger partial charge in [-0.3, -0.25) is 19.0 Å². The van der Waals surface area contributed by atoms with Crippen molar-refractivity contribution >= 4 is 16.9 Å². The quantitative estimate of drug-likeness (QED) is 0.733. The van der Waals surface area contributed by atoms with E-state index in [0.29, 0.717) is 30.2 Å². The second kappa shape index (κ2) is 9.19. The standard InChI is InChI=1S/C21H30N4O3/c1-3-24-17-11-7-8-12-18(17)25(21(28)20(24)27)15-19(26)22-13-14-23(2)16-9-5-4-6-10-16/h7-8,11-12,16H,3-6,9-10,13-15H2,1-2H3,(H,22,26). The van der Waals surface area contributed by atoms with Crippen molar-refractivity contribution in [1.29, 1.82) is 0 Å². The fourth-order valence-electron chi connectivity index (χ4n) is 4.12. The molecule has 0 atom stereocenters. The summed E-state index contributed by atoms with van der Waals surface area (Å²) in [5.74, 6) is -0.252. The van der Waals surface area contributed by atoms with E-state index in [-0.39, 0.29) is 12.5 Å². The smallest absolute Gasteiger partial charge is 0.317 e. The zero-order valence-corrected chi connectivity index (χ0v) is 16.8. The van der Waals surface area contributed by atoms with Crippen LogP contribution in [-0.2, 0) is 17.9 Å². The number of aromatic nitrogens is 2. The first-order chi connectivity index (χ1) is 13.5. The summed E-state index contributed by atoms with van der Waals surface area (Å²) in [6, 6.07) is 7.79. The summed E-state index contributed by atoms with van der Waals surface area (Å²) in [6.45, 7) is 3.41. The predicted molar refractivity (Wildman–Crippen MR) is 111 cm³/mol. The molecule has 1 aromatic heterocycles. The number of carbonyl (C=O) groups excluding carboxylic acids is 1. The maximum atomic E-state index is 12.5. The van der Waals surface area contributed by atoms with Gasteiger partial charge in [-0.05, 0) is 38.9 Å². The minimum atomic E-state index is -0.657. The Morgan fingerprint density at radius 2 is 1.68 bits per heavy atom. The highest BCUT2D eigenvalue weighted by Crippen LogP contribution is 2.21. The molecule has 1 fully saturated rings. The van der Waals surface area contributed by atoms with Gasteiger partial charge in [0.15, 0.2) is 0 Å². The molecule has 0 aliphatic heterocycles. The molecule has 1 heterocycles. The predicted octanol–water partition coefficient (Wildman–Crippen LogP) is 1.56. The number of amides is 1.